The van der Waals surface area contributed by atoms with E-state index in [1.165, 1.54) is 22.3 Å². The lowest BCUT2D eigenvalue weighted by Gasteiger charge is -2.39. The maximum absolute atomic E-state index is 3.64. The summed E-state index contributed by atoms with van der Waals surface area (Å²) in [6.07, 6.45) is 20.5. The van der Waals surface area contributed by atoms with E-state index < -0.39 is 0 Å². The quantitative estimate of drug-likeness (QED) is 0.563. The SMILES string of the molecule is BrCC1=CC2=CC=CCC3=CC=CCC23C=C1CBr. The number of alkyl halides is 2. The third-order valence-corrected chi connectivity index (χ3v) is 5.37. The highest BCUT2D eigenvalue weighted by molar-refractivity contribution is 9.09. The number of hydrogen-bond acceptors (Lipinski definition) is 0. The van der Waals surface area contributed by atoms with Gasteiger partial charge < -0.3 is 0 Å². The van der Waals surface area contributed by atoms with Crippen LogP contribution in [0, 0.1) is 5.41 Å². The molecule has 0 aromatic carbocycles. The third-order valence-electron chi connectivity index (χ3n) is 4.16. The van der Waals surface area contributed by atoms with Crippen LogP contribution in [0.25, 0.3) is 0 Å². The van der Waals surface area contributed by atoms with Crippen LogP contribution in [-0.4, -0.2) is 10.7 Å². The molecule has 0 N–H and O–H groups in total. The molecule has 0 heterocycles. The first-order chi connectivity index (χ1) is 9.30. The molecule has 2 heteroatoms. The van der Waals surface area contributed by atoms with Crippen molar-refractivity contribution in [2.75, 3.05) is 10.7 Å². The van der Waals surface area contributed by atoms with Crippen LogP contribution in [0.4, 0.5) is 0 Å². The minimum atomic E-state index is 0.0903. The molecule has 1 unspecified atom stereocenters. The van der Waals surface area contributed by atoms with Gasteiger partial charge in [-0.1, -0.05) is 86.0 Å². The summed E-state index contributed by atoms with van der Waals surface area (Å²) in [7, 11) is 0. The van der Waals surface area contributed by atoms with Gasteiger partial charge in [0.2, 0.25) is 0 Å². The Bertz CT molecular complexity index is 570. The highest BCUT2D eigenvalue weighted by Crippen LogP contribution is 2.50. The average Bonchev–Trinajstić information content (AvgIpc) is 2.64. The van der Waals surface area contributed by atoms with E-state index >= 15 is 0 Å². The van der Waals surface area contributed by atoms with Crippen LogP contribution in [0.3, 0.4) is 0 Å². The van der Waals surface area contributed by atoms with E-state index in [0.717, 1.165) is 23.5 Å². The largest absolute Gasteiger partial charge is 0.0876 e. The van der Waals surface area contributed by atoms with E-state index in [1.54, 1.807) is 0 Å². The van der Waals surface area contributed by atoms with Crippen molar-refractivity contribution in [3.05, 3.63) is 70.9 Å². The second kappa shape index (κ2) is 5.41. The van der Waals surface area contributed by atoms with Gasteiger partial charge in [-0.2, -0.15) is 0 Å². The molecule has 0 saturated heterocycles. The molecule has 0 nitrogen and oxygen atoms in total. The van der Waals surface area contributed by atoms with Crippen molar-refractivity contribution in [3.63, 3.8) is 0 Å². The van der Waals surface area contributed by atoms with E-state index in [9.17, 15) is 0 Å². The van der Waals surface area contributed by atoms with Crippen LogP contribution >= 0.6 is 31.9 Å². The van der Waals surface area contributed by atoms with Crippen molar-refractivity contribution >= 4 is 31.9 Å². The molecule has 3 aliphatic rings. The molecule has 0 aromatic rings. The Morgan fingerprint density at radius 1 is 1.00 bits per heavy atom. The molecule has 3 rings (SSSR count). The van der Waals surface area contributed by atoms with Gasteiger partial charge in [0.1, 0.15) is 0 Å². The van der Waals surface area contributed by atoms with Gasteiger partial charge in [0.25, 0.3) is 0 Å². The molecule has 0 radical (unpaired) electrons. The second-order valence-electron chi connectivity index (χ2n) is 5.16. The van der Waals surface area contributed by atoms with Crippen molar-refractivity contribution in [3.8, 4) is 0 Å². The van der Waals surface area contributed by atoms with Crippen LogP contribution in [0.2, 0.25) is 0 Å². The summed E-state index contributed by atoms with van der Waals surface area (Å²) in [5.41, 5.74) is 5.83. The van der Waals surface area contributed by atoms with Gasteiger partial charge >= 0.3 is 0 Å². The van der Waals surface area contributed by atoms with Crippen molar-refractivity contribution in [2.24, 2.45) is 5.41 Å². The van der Waals surface area contributed by atoms with Crippen molar-refractivity contribution in [1.82, 2.24) is 0 Å². The Morgan fingerprint density at radius 3 is 2.58 bits per heavy atom. The van der Waals surface area contributed by atoms with Gasteiger partial charge in [-0.3, -0.25) is 0 Å². The molecule has 0 aromatic heterocycles. The highest BCUT2D eigenvalue weighted by atomic mass is 79.9. The van der Waals surface area contributed by atoms with Crippen LogP contribution < -0.4 is 0 Å². The summed E-state index contributed by atoms with van der Waals surface area (Å²) in [6.45, 7) is 0. The summed E-state index contributed by atoms with van der Waals surface area (Å²) < 4.78 is 0. The lowest BCUT2D eigenvalue weighted by molar-refractivity contribution is 0.545. The molecule has 0 saturated carbocycles. The van der Waals surface area contributed by atoms with Crippen LogP contribution in [0.15, 0.2) is 70.9 Å². The zero-order chi connectivity index (χ0) is 13.3. The predicted octanol–water partition coefficient (Wildman–Crippen LogP) is 5.40. The molecule has 3 aliphatic carbocycles. The standard InChI is InChI=1S/C17H16Br2/c18-11-13-9-16-7-2-1-5-15-6-3-4-8-17(15,16)10-14(13)12-19/h1-4,6-7,9-10H,5,8,11-12H2. The maximum atomic E-state index is 3.64. The smallest absolute Gasteiger partial charge is 0.0388 e. The molecule has 0 aliphatic heterocycles. The van der Waals surface area contributed by atoms with E-state index in [4.69, 9.17) is 0 Å². The first kappa shape index (κ1) is 13.4. The minimum absolute atomic E-state index is 0.0903. The van der Waals surface area contributed by atoms with Gasteiger partial charge in [-0.15, -0.1) is 0 Å². The number of allylic oxidation sites excluding steroid dienone is 12. The fraction of sp³-hybridized carbons (Fsp3) is 0.294. The fourth-order valence-electron chi connectivity index (χ4n) is 3.12. The summed E-state index contributed by atoms with van der Waals surface area (Å²) in [4.78, 5) is 0. The van der Waals surface area contributed by atoms with Gasteiger partial charge in [-0.05, 0) is 29.6 Å². The van der Waals surface area contributed by atoms with Crippen LogP contribution in [-0.2, 0) is 0 Å². The van der Waals surface area contributed by atoms with Crippen LogP contribution in [0.5, 0.6) is 0 Å². The van der Waals surface area contributed by atoms with Gasteiger partial charge in [-0.25, -0.2) is 0 Å². The Hall–Kier alpha value is -0.600. The Balaban J connectivity index is 2.17. The zero-order valence-corrected chi connectivity index (χ0v) is 13.9. The normalized spacial score (nSPS) is 28.5. The molecular weight excluding hydrogens is 364 g/mol. The zero-order valence-electron chi connectivity index (χ0n) is 10.7. The van der Waals surface area contributed by atoms with Gasteiger partial charge in [0.15, 0.2) is 0 Å². The number of hydrogen-bond donors (Lipinski definition) is 0. The molecule has 1 spiro atoms. The maximum Gasteiger partial charge on any atom is 0.0388 e. The Kier molecular flexibility index (Phi) is 3.81. The average molecular weight is 380 g/mol. The molecular formula is C17H16Br2. The minimum Gasteiger partial charge on any atom is -0.0876 e. The third kappa shape index (κ3) is 2.19. The first-order valence-corrected chi connectivity index (χ1v) is 8.82. The summed E-state index contributed by atoms with van der Waals surface area (Å²) in [6, 6.07) is 0. The Morgan fingerprint density at radius 2 is 1.79 bits per heavy atom. The lowest BCUT2D eigenvalue weighted by atomic mass is 9.65. The monoisotopic (exact) mass is 378 g/mol. The number of halogens is 2. The predicted molar refractivity (Wildman–Crippen MR) is 89.9 cm³/mol. The van der Waals surface area contributed by atoms with Crippen molar-refractivity contribution in [2.45, 2.75) is 12.8 Å². The molecule has 0 fully saturated rings. The molecule has 0 amide bonds. The van der Waals surface area contributed by atoms with Crippen molar-refractivity contribution in [1.29, 1.82) is 0 Å². The molecule has 98 valence electrons. The highest BCUT2D eigenvalue weighted by Gasteiger charge is 2.38. The fourth-order valence-corrected chi connectivity index (χ4v) is 4.16. The summed E-state index contributed by atoms with van der Waals surface area (Å²) >= 11 is 7.25. The van der Waals surface area contributed by atoms with Crippen molar-refractivity contribution < 1.29 is 0 Å². The Labute approximate surface area is 131 Å². The summed E-state index contributed by atoms with van der Waals surface area (Å²) in [5, 5.41) is 1.83. The second-order valence-corrected chi connectivity index (χ2v) is 6.28. The summed E-state index contributed by atoms with van der Waals surface area (Å²) in [5.74, 6) is 0. The molecule has 19 heavy (non-hydrogen) atoms. The van der Waals surface area contributed by atoms with E-state index in [-0.39, 0.29) is 5.41 Å². The number of rotatable bonds is 2. The van der Waals surface area contributed by atoms with Gasteiger partial charge in [0.05, 0.1) is 0 Å². The van der Waals surface area contributed by atoms with E-state index in [2.05, 4.69) is 80.5 Å². The van der Waals surface area contributed by atoms with Gasteiger partial charge in [0, 0.05) is 16.1 Å². The van der Waals surface area contributed by atoms with E-state index in [1.807, 2.05) is 0 Å². The van der Waals surface area contributed by atoms with E-state index in [0.29, 0.717) is 0 Å². The first-order valence-electron chi connectivity index (χ1n) is 6.58. The van der Waals surface area contributed by atoms with Crippen LogP contribution in [0.1, 0.15) is 12.8 Å². The topological polar surface area (TPSA) is 0 Å². The molecule has 0 bridgehead atoms. The molecule has 1 atom stereocenters. The lowest BCUT2D eigenvalue weighted by Crippen LogP contribution is -2.27.